The molecule has 6 nitrogen and oxygen atoms in total. The minimum atomic E-state index is -0.644. The van der Waals surface area contributed by atoms with Gasteiger partial charge in [0.2, 0.25) is 0 Å². The molecule has 2 amide bonds. The second-order valence-electron chi connectivity index (χ2n) is 5.53. The predicted octanol–water partition coefficient (Wildman–Crippen LogP) is 1.76. The molecule has 1 aromatic carbocycles. The Labute approximate surface area is 147 Å². The van der Waals surface area contributed by atoms with E-state index in [1.807, 2.05) is 50.2 Å². The number of pyridine rings is 1. The van der Waals surface area contributed by atoms with E-state index in [9.17, 15) is 9.59 Å². The Bertz CT molecular complexity index is 717. The van der Waals surface area contributed by atoms with Gasteiger partial charge in [-0.25, -0.2) is 0 Å². The summed E-state index contributed by atoms with van der Waals surface area (Å²) in [5, 5.41) is 5.23. The minimum Gasteiger partial charge on any atom is -0.494 e. The van der Waals surface area contributed by atoms with E-state index in [2.05, 4.69) is 15.6 Å². The molecular weight excluding hydrogens is 318 g/mol. The standard InChI is InChI=1S/C19H23N3O3/c1-3-25-17-8-7-15(14(2)12-17)13-22-19(24)18(23)21-11-9-16-6-4-5-10-20-16/h4-8,10,12H,3,9,11,13H2,1-2H3,(H,21,23)(H,22,24). The number of benzene rings is 1. The van der Waals surface area contributed by atoms with Crippen LogP contribution in [-0.4, -0.2) is 29.9 Å². The van der Waals surface area contributed by atoms with Crippen molar-refractivity contribution in [2.45, 2.75) is 26.8 Å². The van der Waals surface area contributed by atoms with Crippen LogP contribution in [0.5, 0.6) is 5.75 Å². The van der Waals surface area contributed by atoms with E-state index in [4.69, 9.17) is 4.74 Å². The van der Waals surface area contributed by atoms with E-state index in [1.165, 1.54) is 0 Å². The van der Waals surface area contributed by atoms with E-state index in [0.717, 1.165) is 22.6 Å². The van der Waals surface area contributed by atoms with Crippen LogP contribution in [0.1, 0.15) is 23.7 Å². The van der Waals surface area contributed by atoms with Crippen LogP contribution in [0.3, 0.4) is 0 Å². The van der Waals surface area contributed by atoms with Crippen LogP contribution in [-0.2, 0) is 22.6 Å². The van der Waals surface area contributed by atoms with Crippen LogP contribution >= 0.6 is 0 Å². The maximum Gasteiger partial charge on any atom is 0.309 e. The van der Waals surface area contributed by atoms with Crippen molar-refractivity contribution in [3.05, 3.63) is 59.4 Å². The monoisotopic (exact) mass is 341 g/mol. The van der Waals surface area contributed by atoms with Crippen molar-refractivity contribution in [1.29, 1.82) is 0 Å². The molecule has 1 heterocycles. The Morgan fingerprint density at radius 1 is 1.12 bits per heavy atom. The van der Waals surface area contributed by atoms with Gasteiger partial charge in [-0.3, -0.25) is 14.6 Å². The topological polar surface area (TPSA) is 80.3 Å². The number of carbonyl (C=O) groups is 2. The first kappa shape index (κ1) is 18.4. The first-order chi connectivity index (χ1) is 12.1. The van der Waals surface area contributed by atoms with Gasteiger partial charge in [-0.1, -0.05) is 12.1 Å². The lowest BCUT2D eigenvalue weighted by molar-refractivity contribution is -0.139. The van der Waals surface area contributed by atoms with Crippen LogP contribution in [0.15, 0.2) is 42.6 Å². The molecule has 0 saturated carbocycles. The van der Waals surface area contributed by atoms with Gasteiger partial charge < -0.3 is 15.4 Å². The molecule has 0 aliphatic rings. The Morgan fingerprint density at radius 3 is 2.60 bits per heavy atom. The third-order valence-corrected chi connectivity index (χ3v) is 3.66. The molecule has 0 spiro atoms. The summed E-state index contributed by atoms with van der Waals surface area (Å²) in [6.45, 7) is 5.14. The molecular formula is C19H23N3O3. The van der Waals surface area contributed by atoms with Gasteiger partial charge in [0.05, 0.1) is 6.61 Å². The molecule has 132 valence electrons. The fraction of sp³-hybridized carbons (Fsp3) is 0.316. The normalized spacial score (nSPS) is 10.2. The molecule has 0 aliphatic carbocycles. The van der Waals surface area contributed by atoms with Crippen LogP contribution in [0.25, 0.3) is 0 Å². The number of hydrogen-bond donors (Lipinski definition) is 2. The van der Waals surface area contributed by atoms with Crippen LogP contribution in [0.4, 0.5) is 0 Å². The highest BCUT2D eigenvalue weighted by atomic mass is 16.5. The molecule has 0 aliphatic heterocycles. The van der Waals surface area contributed by atoms with Crippen molar-refractivity contribution >= 4 is 11.8 Å². The highest BCUT2D eigenvalue weighted by Gasteiger charge is 2.13. The van der Waals surface area contributed by atoms with Gasteiger partial charge in [0, 0.05) is 31.4 Å². The van der Waals surface area contributed by atoms with Crippen molar-refractivity contribution in [2.24, 2.45) is 0 Å². The first-order valence-electron chi connectivity index (χ1n) is 8.28. The highest BCUT2D eigenvalue weighted by molar-refractivity contribution is 6.35. The lowest BCUT2D eigenvalue weighted by Gasteiger charge is -2.10. The van der Waals surface area contributed by atoms with Crippen molar-refractivity contribution in [1.82, 2.24) is 15.6 Å². The van der Waals surface area contributed by atoms with Crippen LogP contribution in [0.2, 0.25) is 0 Å². The summed E-state index contributed by atoms with van der Waals surface area (Å²) in [6, 6.07) is 11.2. The van der Waals surface area contributed by atoms with E-state index < -0.39 is 11.8 Å². The second-order valence-corrected chi connectivity index (χ2v) is 5.53. The largest absolute Gasteiger partial charge is 0.494 e. The number of nitrogens with one attached hydrogen (secondary N) is 2. The zero-order chi connectivity index (χ0) is 18.1. The van der Waals surface area contributed by atoms with E-state index in [-0.39, 0.29) is 0 Å². The predicted molar refractivity (Wildman–Crippen MR) is 95.1 cm³/mol. The van der Waals surface area contributed by atoms with Crippen molar-refractivity contribution < 1.29 is 14.3 Å². The summed E-state index contributed by atoms with van der Waals surface area (Å²) < 4.78 is 5.43. The Kier molecular flexibility index (Phi) is 6.95. The van der Waals surface area contributed by atoms with Gasteiger partial charge in [0.15, 0.2) is 0 Å². The molecule has 25 heavy (non-hydrogen) atoms. The Hall–Kier alpha value is -2.89. The number of aromatic nitrogens is 1. The van der Waals surface area contributed by atoms with Crippen LogP contribution < -0.4 is 15.4 Å². The molecule has 0 fully saturated rings. The van der Waals surface area contributed by atoms with E-state index >= 15 is 0 Å². The van der Waals surface area contributed by atoms with Gasteiger partial charge in [-0.05, 0) is 49.2 Å². The fourth-order valence-electron chi connectivity index (χ4n) is 2.31. The molecule has 0 radical (unpaired) electrons. The molecule has 2 rings (SSSR count). The van der Waals surface area contributed by atoms with Gasteiger partial charge >= 0.3 is 11.8 Å². The number of rotatable bonds is 7. The zero-order valence-corrected chi connectivity index (χ0v) is 14.5. The summed E-state index contributed by atoms with van der Waals surface area (Å²) in [4.78, 5) is 27.9. The molecule has 0 unspecified atom stereocenters. The van der Waals surface area contributed by atoms with Gasteiger partial charge in [0.1, 0.15) is 5.75 Å². The maximum atomic E-state index is 11.9. The molecule has 6 heteroatoms. The Morgan fingerprint density at radius 2 is 1.92 bits per heavy atom. The fourth-order valence-corrected chi connectivity index (χ4v) is 2.31. The quantitative estimate of drug-likeness (QED) is 0.752. The summed E-state index contributed by atoms with van der Waals surface area (Å²) in [7, 11) is 0. The van der Waals surface area contributed by atoms with Gasteiger partial charge in [0.25, 0.3) is 0 Å². The number of hydrogen-bond acceptors (Lipinski definition) is 4. The zero-order valence-electron chi connectivity index (χ0n) is 14.5. The van der Waals surface area contributed by atoms with Crippen LogP contribution in [0, 0.1) is 6.92 Å². The lowest BCUT2D eigenvalue weighted by Crippen LogP contribution is -2.40. The third-order valence-electron chi connectivity index (χ3n) is 3.66. The average Bonchev–Trinajstić information content (AvgIpc) is 2.62. The van der Waals surface area contributed by atoms with Crippen molar-refractivity contribution in [3.8, 4) is 5.75 Å². The summed E-state index contributed by atoms with van der Waals surface area (Å²) in [5.74, 6) is -0.490. The van der Waals surface area contributed by atoms with E-state index in [1.54, 1.807) is 6.20 Å². The number of aryl methyl sites for hydroxylation is 1. The number of carbonyl (C=O) groups excluding carboxylic acids is 2. The van der Waals surface area contributed by atoms with Crippen molar-refractivity contribution in [3.63, 3.8) is 0 Å². The van der Waals surface area contributed by atoms with E-state index in [0.29, 0.717) is 26.1 Å². The second kappa shape index (κ2) is 9.42. The maximum absolute atomic E-state index is 11.9. The SMILES string of the molecule is CCOc1ccc(CNC(=O)C(=O)NCCc2ccccn2)c(C)c1. The number of ether oxygens (including phenoxy) is 1. The highest BCUT2D eigenvalue weighted by Crippen LogP contribution is 2.17. The molecule has 1 aromatic heterocycles. The molecule has 0 saturated heterocycles. The summed E-state index contributed by atoms with van der Waals surface area (Å²) >= 11 is 0. The first-order valence-corrected chi connectivity index (χ1v) is 8.28. The molecule has 2 N–H and O–H groups in total. The summed E-state index contributed by atoms with van der Waals surface area (Å²) in [6.07, 6.45) is 2.28. The summed E-state index contributed by atoms with van der Waals surface area (Å²) in [5.41, 5.74) is 2.81. The van der Waals surface area contributed by atoms with Gasteiger partial charge in [-0.15, -0.1) is 0 Å². The number of nitrogens with zero attached hydrogens (tertiary/aromatic N) is 1. The molecule has 2 aromatic rings. The Balaban J connectivity index is 1.76. The molecule has 0 bridgehead atoms. The van der Waals surface area contributed by atoms with Gasteiger partial charge in [-0.2, -0.15) is 0 Å². The minimum absolute atomic E-state index is 0.296. The smallest absolute Gasteiger partial charge is 0.309 e. The lowest BCUT2D eigenvalue weighted by atomic mass is 10.1. The third kappa shape index (κ3) is 5.91. The van der Waals surface area contributed by atoms with Crippen molar-refractivity contribution in [2.75, 3.05) is 13.2 Å². The average molecular weight is 341 g/mol. The number of amides is 2. The molecule has 0 atom stereocenters.